The lowest BCUT2D eigenvalue weighted by Crippen LogP contribution is -2.27. The molecule has 10 nitrogen and oxygen atoms in total. The van der Waals surface area contributed by atoms with Gasteiger partial charge in [0.15, 0.2) is 0 Å². The number of nitrogens with one attached hydrogen (secondary N) is 1. The van der Waals surface area contributed by atoms with Gasteiger partial charge < -0.3 is 14.8 Å². The number of hydrogen-bond donors (Lipinski definition) is 1. The molecule has 29 heavy (non-hydrogen) atoms. The van der Waals surface area contributed by atoms with E-state index in [0.717, 1.165) is 18.2 Å². The van der Waals surface area contributed by atoms with Gasteiger partial charge in [0.05, 0.1) is 34.7 Å². The molecular formula is C17H15F2N3O7. The van der Waals surface area contributed by atoms with Crippen molar-refractivity contribution in [3.05, 3.63) is 73.8 Å². The number of nitro groups is 2. The van der Waals surface area contributed by atoms with Gasteiger partial charge in [0, 0.05) is 18.7 Å². The van der Waals surface area contributed by atoms with Crippen molar-refractivity contribution in [2.24, 2.45) is 0 Å². The summed E-state index contributed by atoms with van der Waals surface area (Å²) in [6.45, 7) is -2.64. The van der Waals surface area contributed by atoms with E-state index in [1.54, 1.807) is 12.1 Å². The second-order valence-electron chi connectivity index (χ2n) is 5.58. The third-order valence-electron chi connectivity index (χ3n) is 3.54. The molecule has 0 saturated carbocycles. The van der Waals surface area contributed by atoms with Crippen LogP contribution in [-0.2, 0) is 11.3 Å². The smallest absolute Gasteiger partial charge is 0.387 e. The Hall–Kier alpha value is -3.67. The van der Waals surface area contributed by atoms with Gasteiger partial charge in [0.2, 0.25) is 0 Å². The molecule has 0 spiro atoms. The van der Waals surface area contributed by atoms with E-state index in [1.807, 2.05) is 0 Å². The minimum Gasteiger partial charge on any atom is -0.435 e. The average molecular weight is 411 g/mol. The average Bonchev–Trinajstić information content (AvgIpc) is 2.68. The van der Waals surface area contributed by atoms with Crippen molar-refractivity contribution in [3.63, 3.8) is 0 Å². The maximum atomic E-state index is 12.1. The molecule has 0 radical (unpaired) electrons. The van der Waals surface area contributed by atoms with Crippen LogP contribution >= 0.6 is 0 Å². The molecule has 2 aromatic rings. The number of nitro benzene ring substituents is 2. The van der Waals surface area contributed by atoms with Gasteiger partial charge >= 0.3 is 6.61 Å². The molecule has 154 valence electrons. The number of benzene rings is 2. The zero-order valence-electron chi connectivity index (χ0n) is 14.7. The molecule has 0 aliphatic heterocycles. The van der Waals surface area contributed by atoms with Gasteiger partial charge in [-0.15, -0.1) is 0 Å². The molecule has 0 heterocycles. The zero-order valence-corrected chi connectivity index (χ0v) is 14.7. The van der Waals surface area contributed by atoms with E-state index in [-0.39, 0.29) is 31.1 Å². The predicted octanol–water partition coefficient (Wildman–Crippen LogP) is 3.05. The molecule has 1 amide bonds. The molecule has 0 aliphatic rings. The van der Waals surface area contributed by atoms with Crippen molar-refractivity contribution in [3.8, 4) is 5.75 Å². The lowest BCUT2D eigenvalue weighted by atomic mass is 10.1. The number of amides is 1. The summed E-state index contributed by atoms with van der Waals surface area (Å²) in [4.78, 5) is 32.1. The topological polar surface area (TPSA) is 134 Å². The summed E-state index contributed by atoms with van der Waals surface area (Å²) in [5.74, 6) is -0.712. The molecule has 0 saturated heterocycles. The number of carbonyl (C=O) groups is 1. The van der Waals surface area contributed by atoms with Crippen LogP contribution in [0.4, 0.5) is 20.2 Å². The molecule has 0 bridgehead atoms. The van der Waals surface area contributed by atoms with Crippen molar-refractivity contribution < 1.29 is 32.9 Å². The first-order chi connectivity index (χ1) is 13.8. The van der Waals surface area contributed by atoms with E-state index in [4.69, 9.17) is 4.74 Å². The summed E-state index contributed by atoms with van der Waals surface area (Å²) >= 11 is 0. The van der Waals surface area contributed by atoms with E-state index >= 15 is 0 Å². The molecule has 0 fully saturated rings. The Balaban J connectivity index is 1.82. The Morgan fingerprint density at radius 1 is 1.03 bits per heavy atom. The monoisotopic (exact) mass is 411 g/mol. The van der Waals surface area contributed by atoms with Gasteiger partial charge in [-0.1, -0.05) is 12.1 Å². The van der Waals surface area contributed by atoms with Crippen LogP contribution in [0.15, 0.2) is 42.5 Å². The third kappa shape index (κ3) is 6.77. The number of nitrogens with zero attached hydrogens (tertiary/aromatic N) is 2. The quantitative estimate of drug-likeness (QED) is 0.361. The number of ether oxygens (including phenoxy) is 2. The molecule has 0 aliphatic carbocycles. The number of rotatable bonds is 10. The van der Waals surface area contributed by atoms with Crippen LogP contribution < -0.4 is 10.1 Å². The summed E-state index contributed by atoms with van der Waals surface area (Å²) in [6, 6.07) is 8.44. The fourth-order valence-corrected chi connectivity index (χ4v) is 2.23. The third-order valence-corrected chi connectivity index (χ3v) is 3.54. The number of alkyl halides is 2. The van der Waals surface area contributed by atoms with Crippen LogP contribution in [0.25, 0.3) is 0 Å². The predicted molar refractivity (Wildman–Crippen MR) is 94.8 cm³/mol. The van der Waals surface area contributed by atoms with Crippen molar-refractivity contribution in [2.45, 2.75) is 13.2 Å². The highest BCUT2D eigenvalue weighted by molar-refractivity contribution is 5.95. The maximum Gasteiger partial charge on any atom is 0.387 e. The minimum atomic E-state index is -2.91. The maximum absolute atomic E-state index is 12.1. The lowest BCUT2D eigenvalue weighted by Gasteiger charge is -2.08. The van der Waals surface area contributed by atoms with Gasteiger partial charge in [0.25, 0.3) is 17.3 Å². The number of halogens is 2. The van der Waals surface area contributed by atoms with Gasteiger partial charge in [-0.05, 0) is 17.7 Å². The normalized spacial score (nSPS) is 10.6. The molecule has 2 rings (SSSR count). The van der Waals surface area contributed by atoms with E-state index in [1.165, 1.54) is 12.1 Å². The van der Waals surface area contributed by atoms with Crippen LogP contribution in [0, 0.1) is 20.2 Å². The fourth-order valence-electron chi connectivity index (χ4n) is 2.23. The summed E-state index contributed by atoms with van der Waals surface area (Å²) in [7, 11) is 0. The van der Waals surface area contributed by atoms with Crippen molar-refractivity contribution >= 4 is 17.3 Å². The summed E-state index contributed by atoms with van der Waals surface area (Å²) in [5, 5.41) is 24.1. The van der Waals surface area contributed by atoms with Crippen LogP contribution in [0.3, 0.4) is 0 Å². The van der Waals surface area contributed by atoms with Crippen LogP contribution in [0.2, 0.25) is 0 Å². The van der Waals surface area contributed by atoms with Gasteiger partial charge in [-0.2, -0.15) is 8.78 Å². The second kappa shape index (κ2) is 10.0. The van der Waals surface area contributed by atoms with E-state index in [9.17, 15) is 33.8 Å². The fraction of sp³-hybridized carbons (Fsp3) is 0.235. The molecule has 2 aromatic carbocycles. The summed E-state index contributed by atoms with van der Waals surface area (Å²) in [5.41, 5.74) is -0.674. The lowest BCUT2D eigenvalue weighted by molar-refractivity contribution is -0.394. The van der Waals surface area contributed by atoms with Crippen LogP contribution in [0.1, 0.15) is 15.9 Å². The zero-order chi connectivity index (χ0) is 21.4. The Morgan fingerprint density at radius 3 is 2.14 bits per heavy atom. The van der Waals surface area contributed by atoms with Gasteiger partial charge in [0.1, 0.15) is 5.75 Å². The molecule has 12 heteroatoms. The number of hydrogen-bond acceptors (Lipinski definition) is 7. The highest BCUT2D eigenvalue weighted by atomic mass is 19.3. The molecule has 1 N–H and O–H groups in total. The van der Waals surface area contributed by atoms with Crippen molar-refractivity contribution in [1.29, 1.82) is 0 Å². The van der Waals surface area contributed by atoms with Gasteiger partial charge in [-0.3, -0.25) is 25.0 Å². The second-order valence-corrected chi connectivity index (χ2v) is 5.58. The van der Waals surface area contributed by atoms with E-state index in [2.05, 4.69) is 10.1 Å². The summed E-state index contributed by atoms with van der Waals surface area (Å²) < 4.78 is 33.7. The van der Waals surface area contributed by atoms with Crippen molar-refractivity contribution in [2.75, 3.05) is 13.2 Å². The SMILES string of the molecule is O=C(NCCOCc1ccc(OC(F)F)cc1)c1cc([N+](=O)[O-])cc([N+](=O)[O-])c1. The standard InChI is InChI=1S/C17H15F2N3O7/c18-17(19)29-15-3-1-11(2-4-15)10-28-6-5-20-16(23)12-7-13(21(24)25)9-14(8-12)22(26)27/h1-4,7-9,17H,5-6,10H2,(H,20,23). The first-order valence-electron chi connectivity index (χ1n) is 8.10. The Labute approximate surface area is 162 Å². The first-order valence-corrected chi connectivity index (χ1v) is 8.10. The van der Waals surface area contributed by atoms with Crippen molar-refractivity contribution in [1.82, 2.24) is 5.32 Å². The Bertz CT molecular complexity index is 859. The Morgan fingerprint density at radius 2 is 1.62 bits per heavy atom. The first kappa shape index (κ1) is 21.6. The largest absolute Gasteiger partial charge is 0.435 e. The van der Waals surface area contributed by atoms with Crippen LogP contribution in [-0.4, -0.2) is 35.5 Å². The molecule has 0 unspecified atom stereocenters. The summed E-state index contributed by atoms with van der Waals surface area (Å²) in [6.07, 6.45) is 0. The van der Waals surface area contributed by atoms with Gasteiger partial charge in [-0.25, -0.2) is 0 Å². The molecular weight excluding hydrogens is 396 g/mol. The van der Waals surface area contributed by atoms with E-state index in [0.29, 0.717) is 5.56 Å². The number of non-ortho nitro benzene ring substituents is 2. The van der Waals surface area contributed by atoms with E-state index < -0.39 is 33.7 Å². The van der Waals surface area contributed by atoms with Crippen LogP contribution in [0.5, 0.6) is 5.75 Å². The minimum absolute atomic E-state index is 0.0158. The highest BCUT2D eigenvalue weighted by Crippen LogP contribution is 2.22. The highest BCUT2D eigenvalue weighted by Gasteiger charge is 2.19. The Kier molecular flexibility index (Phi) is 7.48. The molecule has 0 atom stereocenters. The number of carbonyl (C=O) groups excluding carboxylic acids is 1. The molecule has 0 aromatic heterocycles.